The van der Waals surface area contributed by atoms with Gasteiger partial charge in [-0.2, -0.15) is 0 Å². The Morgan fingerprint density at radius 3 is 2.67 bits per heavy atom. The van der Waals surface area contributed by atoms with Gasteiger partial charge in [0.15, 0.2) is 0 Å². The molecule has 0 aromatic heterocycles. The first-order valence-electron chi connectivity index (χ1n) is 5.50. The predicted molar refractivity (Wildman–Crippen MR) is 77.7 cm³/mol. The molecule has 0 saturated heterocycles. The molecule has 2 aromatic rings. The highest BCUT2D eigenvalue weighted by Gasteiger charge is 2.11. The number of amides is 1. The molecule has 2 aromatic carbocycles. The topological polar surface area (TPSA) is 55.1 Å². The zero-order valence-electron chi connectivity index (χ0n) is 9.91. The third-order valence-electron chi connectivity index (χ3n) is 2.58. The number of halogens is 1. The van der Waals surface area contributed by atoms with E-state index in [1.807, 2.05) is 19.1 Å². The van der Waals surface area contributed by atoms with Crippen molar-refractivity contribution in [1.29, 1.82) is 0 Å². The summed E-state index contributed by atoms with van der Waals surface area (Å²) in [5.41, 5.74) is 8.61. The monoisotopic (exact) mass is 304 g/mol. The van der Waals surface area contributed by atoms with Gasteiger partial charge in [-0.25, -0.2) is 0 Å². The lowest BCUT2D eigenvalue weighted by Gasteiger charge is -2.08. The van der Waals surface area contributed by atoms with E-state index in [-0.39, 0.29) is 5.91 Å². The molecule has 1 amide bonds. The Bertz CT molecular complexity index is 596. The van der Waals surface area contributed by atoms with Crippen LogP contribution in [-0.4, -0.2) is 5.91 Å². The molecular formula is C14H13BrN2O. The van der Waals surface area contributed by atoms with Gasteiger partial charge in [-0.1, -0.05) is 18.2 Å². The van der Waals surface area contributed by atoms with E-state index in [9.17, 15) is 4.79 Å². The third-order valence-corrected chi connectivity index (χ3v) is 3.63. The Kier molecular flexibility index (Phi) is 3.67. The summed E-state index contributed by atoms with van der Waals surface area (Å²) < 4.78 is 0.811. The van der Waals surface area contributed by atoms with E-state index in [0.717, 1.165) is 10.0 Å². The van der Waals surface area contributed by atoms with E-state index in [4.69, 9.17) is 5.73 Å². The van der Waals surface area contributed by atoms with E-state index < -0.39 is 0 Å². The minimum absolute atomic E-state index is 0.156. The molecule has 0 spiro atoms. The molecular weight excluding hydrogens is 292 g/mol. The van der Waals surface area contributed by atoms with Crippen LogP contribution in [0.25, 0.3) is 0 Å². The quantitative estimate of drug-likeness (QED) is 0.833. The van der Waals surface area contributed by atoms with E-state index in [1.54, 1.807) is 30.3 Å². The number of hydrogen-bond donors (Lipinski definition) is 2. The van der Waals surface area contributed by atoms with Crippen molar-refractivity contribution < 1.29 is 4.79 Å². The summed E-state index contributed by atoms with van der Waals surface area (Å²) in [4.78, 5) is 12.1. The zero-order chi connectivity index (χ0) is 13.1. The molecule has 3 N–H and O–H groups in total. The summed E-state index contributed by atoms with van der Waals surface area (Å²) in [7, 11) is 0. The van der Waals surface area contributed by atoms with Crippen molar-refractivity contribution in [3.8, 4) is 0 Å². The van der Waals surface area contributed by atoms with Crippen molar-refractivity contribution in [3.63, 3.8) is 0 Å². The normalized spacial score (nSPS) is 10.1. The van der Waals surface area contributed by atoms with Gasteiger partial charge < -0.3 is 11.1 Å². The maximum Gasteiger partial charge on any atom is 0.256 e. The SMILES string of the molecule is Cc1cccc(C(=O)Nc2cccc(N)c2)c1Br. The predicted octanol–water partition coefficient (Wildman–Crippen LogP) is 3.59. The largest absolute Gasteiger partial charge is 0.399 e. The summed E-state index contributed by atoms with van der Waals surface area (Å²) >= 11 is 3.42. The minimum Gasteiger partial charge on any atom is -0.399 e. The Hall–Kier alpha value is -1.81. The first kappa shape index (κ1) is 12.6. The first-order valence-corrected chi connectivity index (χ1v) is 6.29. The highest BCUT2D eigenvalue weighted by Crippen LogP contribution is 2.22. The highest BCUT2D eigenvalue weighted by molar-refractivity contribution is 9.10. The minimum atomic E-state index is -0.156. The molecule has 0 unspecified atom stereocenters. The number of nitrogens with two attached hydrogens (primary N) is 1. The lowest BCUT2D eigenvalue weighted by Crippen LogP contribution is -2.13. The van der Waals surface area contributed by atoms with Crippen LogP contribution in [0.3, 0.4) is 0 Å². The molecule has 0 bridgehead atoms. The lowest BCUT2D eigenvalue weighted by atomic mass is 10.1. The molecule has 92 valence electrons. The van der Waals surface area contributed by atoms with Crippen LogP contribution in [0.15, 0.2) is 46.9 Å². The second kappa shape index (κ2) is 5.23. The average Bonchev–Trinajstić information content (AvgIpc) is 2.32. The van der Waals surface area contributed by atoms with Gasteiger partial charge >= 0.3 is 0 Å². The van der Waals surface area contributed by atoms with Crippen molar-refractivity contribution in [2.75, 3.05) is 11.1 Å². The van der Waals surface area contributed by atoms with Crippen molar-refractivity contribution in [2.24, 2.45) is 0 Å². The molecule has 0 fully saturated rings. The van der Waals surface area contributed by atoms with Crippen LogP contribution in [0.5, 0.6) is 0 Å². The molecule has 0 radical (unpaired) electrons. The van der Waals surface area contributed by atoms with Crippen molar-refractivity contribution in [1.82, 2.24) is 0 Å². The smallest absolute Gasteiger partial charge is 0.256 e. The van der Waals surface area contributed by atoms with Gasteiger partial charge in [0.2, 0.25) is 0 Å². The van der Waals surface area contributed by atoms with Crippen LogP contribution < -0.4 is 11.1 Å². The molecule has 0 saturated carbocycles. The Balaban J connectivity index is 2.25. The molecule has 3 nitrogen and oxygen atoms in total. The van der Waals surface area contributed by atoms with Gasteiger partial charge in [-0.15, -0.1) is 0 Å². The molecule has 2 rings (SSSR count). The number of rotatable bonds is 2. The molecule has 0 atom stereocenters. The molecule has 4 heteroatoms. The lowest BCUT2D eigenvalue weighted by molar-refractivity contribution is 0.102. The van der Waals surface area contributed by atoms with Crippen LogP contribution in [0.1, 0.15) is 15.9 Å². The summed E-state index contributed by atoms with van der Waals surface area (Å²) in [6.45, 7) is 1.95. The van der Waals surface area contributed by atoms with Crippen molar-refractivity contribution in [2.45, 2.75) is 6.92 Å². The van der Waals surface area contributed by atoms with Crippen LogP contribution in [-0.2, 0) is 0 Å². The maximum absolute atomic E-state index is 12.1. The first-order chi connectivity index (χ1) is 8.58. The Morgan fingerprint density at radius 1 is 1.22 bits per heavy atom. The van der Waals surface area contributed by atoms with Gasteiger partial charge in [0.1, 0.15) is 0 Å². The Morgan fingerprint density at radius 2 is 1.94 bits per heavy atom. The number of nitrogen functional groups attached to an aromatic ring is 1. The molecule has 0 aliphatic rings. The molecule has 0 heterocycles. The molecule has 0 aliphatic heterocycles. The van der Waals surface area contributed by atoms with Gasteiger partial charge in [0, 0.05) is 15.8 Å². The number of anilines is 2. The van der Waals surface area contributed by atoms with Gasteiger partial charge in [-0.05, 0) is 52.7 Å². The van der Waals surface area contributed by atoms with E-state index in [0.29, 0.717) is 16.9 Å². The van der Waals surface area contributed by atoms with E-state index >= 15 is 0 Å². The fourth-order valence-corrected chi connectivity index (χ4v) is 2.08. The van der Waals surface area contributed by atoms with Crippen molar-refractivity contribution in [3.05, 3.63) is 58.1 Å². The fourth-order valence-electron chi connectivity index (χ4n) is 1.64. The van der Waals surface area contributed by atoms with Gasteiger partial charge in [0.05, 0.1) is 5.56 Å². The second-order valence-corrected chi connectivity index (χ2v) is 4.81. The fraction of sp³-hybridized carbons (Fsp3) is 0.0714. The van der Waals surface area contributed by atoms with E-state index in [1.165, 1.54) is 0 Å². The number of carbonyl (C=O) groups is 1. The average molecular weight is 305 g/mol. The van der Waals surface area contributed by atoms with Gasteiger partial charge in [-0.3, -0.25) is 4.79 Å². The Labute approximate surface area is 114 Å². The van der Waals surface area contributed by atoms with Crippen molar-refractivity contribution >= 4 is 33.2 Å². The summed E-state index contributed by atoms with van der Waals surface area (Å²) in [6.07, 6.45) is 0. The highest BCUT2D eigenvalue weighted by atomic mass is 79.9. The molecule has 0 aliphatic carbocycles. The molecule has 18 heavy (non-hydrogen) atoms. The third kappa shape index (κ3) is 2.71. The number of benzene rings is 2. The second-order valence-electron chi connectivity index (χ2n) is 4.02. The van der Waals surface area contributed by atoms with Crippen LogP contribution in [0.2, 0.25) is 0 Å². The number of carbonyl (C=O) groups excluding carboxylic acids is 1. The van der Waals surface area contributed by atoms with Crippen LogP contribution in [0.4, 0.5) is 11.4 Å². The number of aryl methyl sites for hydroxylation is 1. The standard InChI is InChI=1S/C14H13BrN2O/c1-9-4-2-7-12(13(9)15)14(18)17-11-6-3-5-10(16)8-11/h2-8H,16H2,1H3,(H,17,18). The van der Waals surface area contributed by atoms with Crippen LogP contribution in [0, 0.1) is 6.92 Å². The summed E-state index contributed by atoms with van der Waals surface area (Å²) in [6, 6.07) is 12.7. The number of nitrogens with one attached hydrogen (secondary N) is 1. The van der Waals surface area contributed by atoms with Crippen LogP contribution >= 0.6 is 15.9 Å². The number of hydrogen-bond acceptors (Lipinski definition) is 2. The van der Waals surface area contributed by atoms with Gasteiger partial charge in [0.25, 0.3) is 5.91 Å². The summed E-state index contributed by atoms with van der Waals surface area (Å²) in [5, 5.41) is 2.82. The van der Waals surface area contributed by atoms with E-state index in [2.05, 4.69) is 21.2 Å². The maximum atomic E-state index is 12.1. The summed E-state index contributed by atoms with van der Waals surface area (Å²) in [5.74, 6) is -0.156. The zero-order valence-corrected chi connectivity index (χ0v) is 11.5.